The van der Waals surface area contributed by atoms with Gasteiger partial charge in [-0.15, -0.1) is 0 Å². The smallest absolute Gasteiger partial charge is 0.271 e. The van der Waals surface area contributed by atoms with E-state index in [0.717, 1.165) is 11.1 Å². The van der Waals surface area contributed by atoms with Gasteiger partial charge in [-0.2, -0.15) is 5.10 Å². The third-order valence-corrected chi connectivity index (χ3v) is 4.92. The van der Waals surface area contributed by atoms with Crippen molar-refractivity contribution >= 4 is 35.3 Å². The molecule has 0 aliphatic rings. The summed E-state index contributed by atoms with van der Waals surface area (Å²) >= 11 is 5.84. The first-order chi connectivity index (χ1) is 14.7. The van der Waals surface area contributed by atoms with Gasteiger partial charge in [0.05, 0.1) is 6.21 Å². The topological polar surface area (TPSA) is 70.6 Å². The van der Waals surface area contributed by atoms with Crippen molar-refractivity contribution in [1.82, 2.24) is 5.43 Å². The number of anilines is 1. The number of rotatable bonds is 5. The van der Waals surface area contributed by atoms with Crippen molar-refractivity contribution < 1.29 is 9.59 Å². The van der Waals surface area contributed by atoms with Crippen molar-refractivity contribution in [3.05, 3.63) is 100 Å². The molecule has 6 heteroatoms. The highest BCUT2D eigenvalue weighted by atomic mass is 35.5. The average molecular weight is 434 g/mol. The van der Waals surface area contributed by atoms with Gasteiger partial charge < -0.3 is 5.32 Å². The zero-order chi connectivity index (χ0) is 22.4. The third-order valence-electron chi connectivity index (χ3n) is 4.67. The molecular weight excluding hydrogens is 410 g/mol. The molecule has 0 saturated heterocycles. The van der Waals surface area contributed by atoms with Crippen LogP contribution in [-0.4, -0.2) is 18.0 Å². The van der Waals surface area contributed by atoms with Crippen molar-refractivity contribution in [2.75, 3.05) is 5.32 Å². The average Bonchev–Trinajstić information content (AvgIpc) is 2.75. The summed E-state index contributed by atoms with van der Waals surface area (Å²) in [6.45, 7) is 6.38. The van der Waals surface area contributed by atoms with Crippen LogP contribution in [0, 0.1) is 0 Å². The lowest BCUT2D eigenvalue weighted by atomic mass is 9.87. The predicted octanol–water partition coefficient (Wildman–Crippen LogP) is 5.65. The summed E-state index contributed by atoms with van der Waals surface area (Å²) in [5.41, 5.74) is 6.10. The third kappa shape index (κ3) is 6.27. The second-order valence-corrected chi connectivity index (χ2v) is 8.55. The molecule has 0 aromatic heterocycles. The first-order valence-electron chi connectivity index (χ1n) is 9.83. The molecular formula is C25H24ClN3O2. The first kappa shape index (κ1) is 22.2. The zero-order valence-electron chi connectivity index (χ0n) is 17.6. The van der Waals surface area contributed by atoms with Crippen LogP contribution in [0.25, 0.3) is 0 Å². The number of nitrogens with one attached hydrogen (secondary N) is 2. The van der Waals surface area contributed by atoms with Gasteiger partial charge in [-0.3, -0.25) is 9.59 Å². The Balaban J connectivity index is 1.57. The lowest BCUT2D eigenvalue weighted by Gasteiger charge is -2.19. The molecule has 3 aromatic carbocycles. The second-order valence-electron chi connectivity index (χ2n) is 8.11. The van der Waals surface area contributed by atoms with Crippen LogP contribution in [-0.2, 0) is 5.41 Å². The summed E-state index contributed by atoms with van der Waals surface area (Å²) < 4.78 is 0. The summed E-state index contributed by atoms with van der Waals surface area (Å²) in [5.74, 6) is -0.550. The van der Waals surface area contributed by atoms with E-state index in [1.807, 2.05) is 24.3 Å². The molecule has 3 rings (SSSR count). The van der Waals surface area contributed by atoms with E-state index in [1.54, 1.807) is 48.5 Å². The lowest BCUT2D eigenvalue weighted by molar-refractivity contribution is 0.0954. The van der Waals surface area contributed by atoms with E-state index in [4.69, 9.17) is 11.6 Å². The van der Waals surface area contributed by atoms with E-state index in [1.165, 1.54) is 6.21 Å². The van der Waals surface area contributed by atoms with E-state index in [0.29, 0.717) is 21.8 Å². The van der Waals surface area contributed by atoms with Crippen LogP contribution in [0.2, 0.25) is 5.02 Å². The molecule has 0 atom stereocenters. The van der Waals surface area contributed by atoms with Crippen LogP contribution < -0.4 is 10.7 Å². The van der Waals surface area contributed by atoms with Gasteiger partial charge in [0.1, 0.15) is 0 Å². The van der Waals surface area contributed by atoms with E-state index >= 15 is 0 Å². The molecule has 158 valence electrons. The Morgan fingerprint density at radius 1 is 0.806 bits per heavy atom. The monoisotopic (exact) mass is 433 g/mol. The van der Waals surface area contributed by atoms with Gasteiger partial charge in [0.2, 0.25) is 0 Å². The Labute approximate surface area is 187 Å². The van der Waals surface area contributed by atoms with Crippen molar-refractivity contribution in [2.24, 2.45) is 5.10 Å². The van der Waals surface area contributed by atoms with Gasteiger partial charge in [0, 0.05) is 21.8 Å². The molecule has 0 radical (unpaired) electrons. The summed E-state index contributed by atoms with van der Waals surface area (Å²) in [4.78, 5) is 24.7. The Morgan fingerprint density at radius 3 is 1.94 bits per heavy atom. The Kier molecular flexibility index (Phi) is 6.88. The highest BCUT2D eigenvalue weighted by Crippen LogP contribution is 2.22. The van der Waals surface area contributed by atoms with Gasteiger partial charge in [0.25, 0.3) is 11.8 Å². The number of carbonyl (C=O) groups excluding carboxylic acids is 2. The standard InChI is InChI=1S/C25H24ClN3O2/c1-25(2,3)20-10-6-18(7-11-20)23(30)28-22-14-8-19(9-15-22)24(31)29-27-16-17-4-12-21(26)13-5-17/h4-16H,1-3H3,(H,28,30)(H,29,31). The first-order valence-corrected chi connectivity index (χ1v) is 10.2. The highest BCUT2D eigenvalue weighted by Gasteiger charge is 2.14. The van der Waals surface area contributed by atoms with Gasteiger partial charge >= 0.3 is 0 Å². The Morgan fingerprint density at radius 2 is 1.35 bits per heavy atom. The van der Waals surface area contributed by atoms with Crippen LogP contribution in [0.15, 0.2) is 77.9 Å². The molecule has 0 fully saturated rings. The number of hydrazone groups is 1. The lowest BCUT2D eigenvalue weighted by Crippen LogP contribution is -2.18. The van der Waals surface area contributed by atoms with E-state index in [9.17, 15) is 9.59 Å². The maximum Gasteiger partial charge on any atom is 0.271 e. The number of amides is 2. The van der Waals surface area contributed by atoms with Crippen LogP contribution in [0.4, 0.5) is 5.69 Å². The molecule has 0 aliphatic carbocycles. The molecule has 0 heterocycles. The number of hydrogen-bond donors (Lipinski definition) is 2. The summed E-state index contributed by atoms with van der Waals surface area (Å²) in [5, 5.41) is 7.42. The maximum atomic E-state index is 12.5. The SMILES string of the molecule is CC(C)(C)c1ccc(C(=O)Nc2ccc(C(=O)NN=Cc3ccc(Cl)cc3)cc2)cc1. The predicted molar refractivity (Wildman–Crippen MR) is 126 cm³/mol. The highest BCUT2D eigenvalue weighted by molar-refractivity contribution is 6.30. The summed E-state index contributed by atoms with van der Waals surface area (Å²) in [6.07, 6.45) is 1.54. The molecule has 0 bridgehead atoms. The summed E-state index contributed by atoms with van der Waals surface area (Å²) in [7, 11) is 0. The second kappa shape index (κ2) is 9.58. The van der Waals surface area contributed by atoms with Gasteiger partial charge in [0.15, 0.2) is 0 Å². The van der Waals surface area contributed by atoms with Crippen molar-refractivity contribution in [3.8, 4) is 0 Å². The number of carbonyl (C=O) groups is 2. The van der Waals surface area contributed by atoms with Crippen molar-refractivity contribution in [3.63, 3.8) is 0 Å². The molecule has 0 spiro atoms. The van der Waals surface area contributed by atoms with Crippen LogP contribution >= 0.6 is 11.6 Å². The van der Waals surface area contributed by atoms with E-state index in [-0.39, 0.29) is 17.2 Å². The van der Waals surface area contributed by atoms with Crippen LogP contribution in [0.3, 0.4) is 0 Å². The molecule has 0 aliphatic heterocycles. The summed E-state index contributed by atoms with van der Waals surface area (Å²) in [6, 6.07) is 21.3. The van der Waals surface area contributed by atoms with Crippen LogP contribution in [0.1, 0.15) is 52.6 Å². The van der Waals surface area contributed by atoms with Crippen molar-refractivity contribution in [2.45, 2.75) is 26.2 Å². The fraction of sp³-hybridized carbons (Fsp3) is 0.160. The minimum absolute atomic E-state index is 0.0320. The molecule has 2 N–H and O–H groups in total. The Hall–Kier alpha value is -3.44. The fourth-order valence-corrected chi connectivity index (χ4v) is 2.93. The molecule has 31 heavy (non-hydrogen) atoms. The van der Waals surface area contributed by atoms with E-state index < -0.39 is 0 Å². The maximum absolute atomic E-state index is 12.5. The quantitative estimate of drug-likeness (QED) is 0.403. The fourth-order valence-electron chi connectivity index (χ4n) is 2.81. The number of hydrogen-bond acceptors (Lipinski definition) is 3. The van der Waals surface area contributed by atoms with Crippen molar-refractivity contribution in [1.29, 1.82) is 0 Å². The van der Waals surface area contributed by atoms with E-state index in [2.05, 4.69) is 36.6 Å². The molecule has 0 unspecified atom stereocenters. The van der Waals surface area contributed by atoms with Gasteiger partial charge in [-0.1, -0.05) is 56.6 Å². The zero-order valence-corrected chi connectivity index (χ0v) is 18.4. The minimum Gasteiger partial charge on any atom is -0.322 e. The number of halogens is 1. The molecule has 5 nitrogen and oxygen atoms in total. The van der Waals surface area contributed by atoms with Gasteiger partial charge in [-0.05, 0) is 65.1 Å². The Bertz CT molecular complexity index is 1080. The largest absolute Gasteiger partial charge is 0.322 e. The molecule has 2 amide bonds. The molecule has 0 saturated carbocycles. The van der Waals surface area contributed by atoms with Crippen LogP contribution in [0.5, 0.6) is 0 Å². The number of nitrogens with zero attached hydrogens (tertiary/aromatic N) is 1. The molecule has 3 aromatic rings. The number of benzene rings is 3. The minimum atomic E-state index is -0.346. The normalized spacial score (nSPS) is 11.4. The van der Waals surface area contributed by atoms with Gasteiger partial charge in [-0.25, -0.2) is 5.43 Å².